The first kappa shape index (κ1) is 18.4. The Kier molecular flexibility index (Phi) is 5.90. The van der Waals surface area contributed by atoms with E-state index in [2.05, 4.69) is 15.5 Å². The number of rotatable bonds is 5. The summed E-state index contributed by atoms with van der Waals surface area (Å²) in [5.74, 6) is 0.365. The summed E-state index contributed by atoms with van der Waals surface area (Å²) >= 11 is 0. The maximum atomic E-state index is 12.8. The third kappa shape index (κ3) is 4.10. The minimum absolute atomic E-state index is 0. The van der Waals surface area contributed by atoms with E-state index in [-0.39, 0.29) is 24.1 Å². The minimum atomic E-state index is -0.473. The minimum Gasteiger partial charge on any atom is -0.352 e. The Labute approximate surface area is 145 Å². The number of hydrogen-bond acceptors (Lipinski definition) is 5. The zero-order chi connectivity index (χ0) is 16.3. The molecule has 1 amide bonds. The molecule has 1 heterocycles. The van der Waals surface area contributed by atoms with Gasteiger partial charge < -0.3 is 15.6 Å². The third-order valence-electron chi connectivity index (χ3n) is 4.14. The molecule has 1 fully saturated rings. The average Bonchev–Trinajstić information content (AvgIpc) is 3.18. The monoisotopic (exact) mass is 354 g/mol. The number of halogens is 2. The standard InChI is InChI=1S/C16H19FN4O2.ClH/c17-12-5-3-11(4-6-12)14(22)19-10-7-13-20-15(21-23-13)16(18)8-1-2-9-16;/h3-6H,1-2,7-10,18H2,(H,19,22);1H. The number of aromatic nitrogens is 2. The van der Waals surface area contributed by atoms with Gasteiger partial charge in [0.15, 0.2) is 5.82 Å². The second-order valence-electron chi connectivity index (χ2n) is 5.89. The molecule has 8 heteroatoms. The second kappa shape index (κ2) is 7.72. The van der Waals surface area contributed by atoms with Crippen LogP contribution in [0.25, 0.3) is 0 Å². The Hall–Kier alpha value is -1.99. The number of nitrogens with two attached hydrogens (primary N) is 1. The Morgan fingerprint density at radius 2 is 1.96 bits per heavy atom. The molecule has 130 valence electrons. The van der Waals surface area contributed by atoms with Crippen LogP contribution >= 0.6 is 12.4 Å². The van der Waals surface area contributed by atoms with Gasteiger partial charge in [0.05, 0.1) is 5.54 Å². The van der Waals surface area contributed by atoms with E-state index in [0.717, 1.165) is 25.7 Å². The molecule has 1 aromatic carbocycles. The van der Waals surface area contributed by atoms with Crippen LogP contribution in [0.4, 0.5) is 4.39 Å². The molecule has 1 aliphatic carbocycles. The van der Waals surface area contributed by atoms with Crippen LogP contribution in [0.15, 0.2) is 28.8 Å². The molecule has 3 N–H and O–H groups in total. The van der Waals surface area contributed by atoms with Crippen LogP contribution in [-0.2, 0) is 12.0 Å². The molecule has 6 nitrogen and oxygen atoms in total. The molecule has 0 aliphatic heterocycles. The van der Waals surface area contributed by atoms with Gasteiger partial charge in [-0.3, -0.25) is 4.79 Å². The lowest BCUT2D eigenvalue weighted by atomic mass is 9.99. The maximum Gasteiger partial charge on any atom is 0.251 e. The summed E-state index contributed by atoms with van der Waals surface area (Å²) in [6.45, 7) is 0.357. The highest BCUT2D eigenvalue weighted by Gasteiger charge is 2.35. The van der Waals surface area contributed by atoms with E-state index in [1.54, 1.807) is 0 Å². The molecular weight excluding hydrogens is 335 g/mol. The molecule has 1 saturated carbocycles. The zero-order valence-electron chi connectivity index (χ0n) is 13.1. The largest absolute Gasteiger partial charge is 0.352 e. The van der Waals surface area contributed by atoms with Crippen molar-refractivity contribution in [3.05, 3.63) is 47.4 Å². The van der Waals surface area contributed by atoms with Gasteiger partial charge in [0.2, 0.25) is 5.89 Å². The quantitative estimate of drug-likeness (QED) is 0.859. The summed E-state index contributed by atoms with van der Waals surface area (Å²) in [5.41, 5.74) is 6.21. The highest BCUT2D eigenvalue weighted by atomic mass is 35.5. The number of benzene rings is 1. The molecular formula is C16H20ClFN4O2. The van der Waals surface area contributed by atoms with Crippen LogP contribution in [0.1, 0.15) is 47.8 Å². The van der Waals surface area contributed by atoms with Crippen LogP contribution in [0.5, 0.6) is 0 Å². The lowest BCUT2D eigenvalue weighted by molar-refractivity contribution is 0.0953. The van der Waals surface area contributed by atoms with Crippen molar-refractivity contribution in [2.24, 2.45) is 5.73 Å². The van der Waals surface area contributed by atoms with Gasteiger partial charge in [-0.25, -0.2) is 4.39 Å². The number of nitrogens with one attached hydrogen (secondary N) is 1. The normalized spacial score (nSPS) is 15.8. The van der Waals surface area contributed by atoms with Crippen molar-refractivity contribution >= 4 is 18.3 Å². The maximum absolute atomic E-state index is 12.8. The van der Waals surface area contributed by atoms with E-state index < -0.39 is 5.54 Å². The first-order chi connectivity index (χ1) is 11.1. The fourth-order valence-corrected chi connectivity index (χ4v) is 2.77. The molecule has 1 aromatic heterocycles. The van der Waals surface area contributed by atoms with Gasteiger partial charge >= 0.3 is 0 Å². The summed E-state index contributed by atoms with van der Waals surface area (Å²) in [6.07, 6.45) is 4.32. The first-order valence-electron chi connectivity index (χ1n) is 7.72. The van der Waals surface area contributed by atoms with Crippen molar-refractivity contribution in [3.8, 4) is 0 Å². The van der Waals surface area contributed by atoms with Gasteiger partial charge in [-0.15, -0.1) is 12.4 Å². The van der Waals surface area contributed by atoms with Gasteiger partial charge in [-0.05, 0) is 37.1 Å². The van der Waals surface area contributed by atoms with Crippen molar-refractivity contribution in [3.63, 3.8) is 0 Å². The van der Waals surface area contributed by atoms with E-state index in [1.165, 1.54) is 24.3 Å². The highest BCUT2D eigenvalue weighted by Crippen LogP contribution is 2.34. The first-order valence-corrected chi connectivity index (χ1v) is 7.72. The van der Waals surface area contributed by atoms with Gasteiger partial charge in [0, 0.05) is 18.5 Å². The van der Waals surface area contributed by atoms with Crippen LogP contribution in [0, 0.1) is 5.82 Å². The molecule has 3 rings (SSSR count). The topological polar surface area (TPSA) is 94.0 Å². The number of carbonyl (C=O) groups excluding carboxylic acids is 1. The van der Waals surface area contributed by atoms with E-state index in [1.807, 2.05) is 0 Å². The predicted molar refractivity (Wildman–Crippen MR) is 88.3 cm³/mol. The molecule has 0 radical (unpaired) electrons. The second-order valence-corrected chi connectivity index (χ2v) is 5.89. The van der Waals surface area contributed by atoms with Gasteiger partial charge in [-0.2, -0.15) is 4.98 Å². The number of amides is 1. The molecule has 0 spiro atoms. The molecule has 1 aliphatic rings. The van der Waals surface area contributed by atoms with Crippen molar-refractivity contribution in [2.45, 2.75) is 37.6 Å². The summed E-state index contributed by atoms with van der Waals surface area (Å²) in [5, 5.41) is 6.70. The van der Waals surface area contributed by atoms with Gasteiger partial charge in [0.25, 0.3) is 5.91 Å². The molecule has 0 atom stereocenters. The fraction of sp³-hybridized carbons (Fsp3) is 0.438. The SMILES string of the molecule is Cl.NC1(c2noc(CCNC(=O)c3ccc(F)cc3)n2)CCCC1. The third-order valence-corrected chi connectivity index (χ3v) is 4.14. The van der Waals surface area contributed by atoms with Crippen LogP contribution in [0.2, 0.25) is 0 Å². The lowest BCUT2D eigenvalue weighted by Gasteiger charge is -2.17. The van der Waals surface area contributed by atoms with Gasteiger partial charge in [0.1, 0.15) is 5.82 Å². The molecule has 0 unspecified atom stereocenters. The van der Waals surface area contributed by atoms with E-state index >= 15 is 0 Å². The zero-order valence-corrected chi connectivity index (χ0v) is 13.9. The number of hydrogen-bond donors (Lipinski definition) is 2. The Balaban J connectivity index is 0.00000208. The van der Waals surface area contributed by atoms with Crippen molar-refractivity contribution < 1.29 is 13.7 Å². The number of nitrogens with zero attached hydrogens (tertiary/aromatic N) is 2. The van der Waals surface area contributed by atoms with Crippen LogP contribution < -0.4 is 11.1 Å². The van der Waals surface area contributed by atoms with Crippen LogP contribution in [-0.4, -0.2) is 22.6 Å². The van der Waals surface area contributed by atoms with E-state index in [0.29, 0.717) is 30.2 Å². The van der Waals surface area contributed by atoms with Crippen LogP contribution in [0.3, 0.4) is 0 Å². The highest BCUT2D eigenvalue weighted by molar-refractivity contribution is 5.94. The van der Waals surface area contributed by atoms with Crippen molar-refractivity contribution in [1.29, 1.82) is 0 Å². The van der Waals surface area contributed by atoms with Crippen molar-refractivity contribution in [2.75, 3.05) is 6.54 Å². The molecule has 24 heavy (non-hydrogen) atoms. The average molecular weight is 355 g/mol. The summed E-state index contributed by atoms with van der Waals surface area (Å²) in [6, 6.07) is 5.38. The summed E-state index contributed by atoms with van der Waals surface area (Å²) < 4.78 is 18.0. The summed E-state index contributed by atoms with van der Waals surface area (Å²) in [4.78, 5) is 16.2. The van der Waals surface area contributed by atoms with Gasteiger partial charge in [-0.1, -0.05) is 18.0 Å². The lowest BCUT2D eigenvalue weighted by Crippen LogP contribution is -2.34. The summed E-state index contributed by atoms with van der Waals surface area (Å²) in [7, 11) is 0. The molecule has 0 bridgehead atoms. The Bertz CT molecular complexity index is 684. The molecule has 2 aromatic rings. The predicted octanol–water partition coefficient (Wildman–Crippen LogP) is 2.33. The smallest absolute Gasteiger partial charge is 0.251 e. The Morgan fingerprint density at radius 1 is 1.29 bits per heavy atom. The Morgan fingerprint density at radius 3 is 2.62 bits per heavy atom. The fourth-order valence-electron chi connectivity index (χ4n) is 2.77. The van der Waals surface area contributed by atoms with E-state index in [4.69, 9.17) is 10.3 Å². The van der Waals surface area contributed by atoms with E-state index in [9.17, 15) is 9.18 Å². The van der Waals surface area contributed by atoms with Crippen molar-refractivity contribution in [1.82, 2.24) is 15.5 Å². The molecule has 0 saturated heterocycles. The number of carbonyl (C=O) groups is 1.